The summed E-state index contributed by atoms with van der Waals surface area (Å²) in [6.07, 6.45) is 1.89. The molecule has 0 fully saturated rings. The van der Waals surface area contributed by atoms with E-state index in [1.54, 1.807) is 13.1 Å². The van der Waals surface area contributed by atoms with Crippen LogP contribution in [0.1, 0.15) is 33.2 Å². The van der Waals surface area contributed by atoms with E-state index < -0.39 is 0 Å². The molecular formula is C11H18BrN3O2. The molecule has 0 radical (unpaired) electrons. The highest BCUT2D eigenvalue weighted by molar-refractivity contribution is 9.10. The van der Waals surface area contributed by atoms with Gasteiger partial charge in [-0.05, 0) is 43.1 Å². The molecule has 1 atom stereocenters. The molecule has 0 aliphatic heterocycles. The first-order valence-electron chi connectivity index (χ1n) is 5.62. The third-order valence-corrected chi connectivity index (χ3v) is 3.08. The molecule has 0 aliphatic rings. The Morgan fingerprint density at radius 1 is 1.53 bits per heavy atom. The summed E-state index contributed by atoms with van der Waals surface area (Å²) in [5, 5.41) is 16.3. The lowest BCUT2D eigenvalue weighted by molar-refractivity contribution is 0.188. The van der Waals surface area contributed by atoms with E-state index in [0.29, 0.717) is 23.1 Å². The fourth-order valence-electron chi connectivity index (χ4n) is 1.35. The third-order valence-electron chi connectivity index (χ3n) is 2.31. The molecule has 0 saturated heterocycles. The van der Waals surface area contributed by atoms with Crippen LogP contribution < -0.4 is 10.9 Å². The van der Waals surface area contributed by atoms with Gasteiger partial charge in [0, 0.05) is 6.54 Å². The van der Waals surface area contributed by atoms with Gasteiger partial charge in [0.15, 0.2) is 0 Å². The molecule has 0 bridgehead atoms. The number of aliphatic hydroxyl groups is 1. The predicted octanol–water partition coefficient (Wildman–Crippen LogP) is 1.77. The third kappa shape index (κ3) is 3.81. The van der Waals surface area contributed by atoms with Crippen LogP contribution in [-0.4, -0.2) is 27.5 Å². The average molecular weight is 304 g/mol. The van der Waals surface area contributed by atoms with Crippen LogP contribution in [0.2, 0.25) is 0 Å². The first-order chi connectivity index (χ1) is 7.93. The molecule has 2 N–H and O–H groups in total. The predicted molar refractivity (Wildman–Crippen MR) is 71.4 cm³/mol. The lowest BCUT2D eigenvalue weighted by atomic mass is 10.3. The SMILES string of the molecule is CC(O)CCNc1cnn(C(C)C)c(=O)c1Br. The zero-order valence-corrected chi connectivity index (χ0v) is 11.9. The number of nitrogens with zero attached hydrogens (tertiary/aromatic N) is 2. The van der Waals surface area contributed by atoms with Gasteiger partial charge in [-0.2, -0.15) is 5.10 Å². The maximum absolute atomic E-state index is 11.9. The molecule has 0 aromatic carbocycles. The Balaban J connectivity index is 2.82. The number of nitrogens with one attached hydrogen (secondary N) is 1. The van der Waals surface area contributed by atoms with Crippen molar-refractivity contribution in [2.24, 2.45) is 0 Å². The molecule has 6 heteroatoms. The summed E-state index contributed by atoms with van der Waals surface area (Å²) in [6.45, 7) is 6.14. The van der Waals surface area contributed by atoms with Crippen molar-refractivity contribution in [2.45, 2.75) is 39.3 Å². The van der Waals surface area contributed by atoms with Crippen LogP contribution in [-0.2, 0) is 0 Å². The minimum atomic E-state index is -0.356. The van der Waals surface area contributed by atoms with E-state index in [0.717, 1.165) is 0 Å². The van der Waals surface area contributed by atoms with E-state index in [4.69, 9.17) is 5.11 Å². The molecule has 1 aromatic heterocycles. The zero-order chi connectivity index (χ0) is 13.0. The standard InChI is InChI=1S/C11H18BrN3O2/c1-7(2)15-11(17)10(12)9(6-14-15)13-5-4-8(3)16/h6-8,13,16H,4-5H2,1-3H3. The first kappa shape index (κ1) is 14.2. The monoisotopic (exact) mass is 303 g/mol. The number of aromatic nitrogens is 2. The summed E-state index contributed by atoms with van der Waals surface area (Å²) in [4.78, 5) is 11.9. The normalized spacial score (nSPS) is 12.8. The van der Waals surface area contributed by atoms with Gasteiger partial charge >= 0.3 is 0 Å². The second kappa shape index (κ2) is 6.16. The van der Waals surface area contributed by atoms with Crippen molar-refractivity contribution < 1.29 is 5.11 Å². The molecular weight excluding hydrogens is 286 g/mol. The average Bonchev–Trinajstić information content (AvgIpc) is 2.23. The van der Waals surface area contributed by atoms with Crippen molar-refractivity contribution in [1.82, 2.24) is 9.78 Å². The van der Waals surface area contributed by atoms with Gasteiger partial charge in [0.1, 0.15) is 4.47 Å². The molecule has 1 unspecified atom stereocenters. The van der Waals surface area contributed by atoms with Crippen LogP contribution >= 0.6 is 15.9 Å². The van der Waals surface area contributed by atoms with Crippen molar-refractivity contribution in [3.8, 4) is 0 Å². The van der Waals surface area contributed by atoms with Crippen LogP contribution in [0.15, 0.2) is 15.5 Å². The number of hydrogen-bond donors (Lipinski definition) is 2. The van der Waals surface area contributed by atoms with Gasteiger partial charge in [0.2, 0.25) is 0 Å². The van der Waals surface area contributed by atoms with Gasteiger partial charge in [0.05, 0.1) is 24.0 Å². The van der Waals surface area contributed by atoms with E-state index in [9.17, 15) is 4.79 Å². The molecule has 0 spiro atoms. The fourth-order valence-corrected chi connectivity index (χ4v) is 1.78. The van der Waals surface area contributed by atoms with Crippen molar-refractivity contribution in [1.29, 1.82) is 0 Å². The molecule has 5 nitrogen and oxygen atoms in total. The second-order valence-electron chi connectivity index (χ2n) is 4.28. The van der Waals surface area contributed by atoms with Crippen LogP contribution in [0.4, 0.5) is 5.69 Å². The first-order valence-corrected chi connectivity index (χ1v) is 6.42. The maximum atomic E-state index is 11.9. The minimum Gasteiger partial charge on any atom is -0.393 e. The number of hydrogen-bond acceptors (Lipinski definition) is 4. The Labute approximate surface area is 109 Å². The van der Waals surface area contributed by atoms with Crippen molar-refractivity contribution in [2.75, 3.05) is 11.9 Å². The van der Waals surface area contributed by atoms with Gasteiger partial charge < -0.3 is 10.4 Å². The van der Waals surface area contributed by atoms with Gasteiger partial charge in [-0.3, -0.25) is 4.79 Å². The smallest absolute Gasteiger partial charge is 0.283 e. The number of halogens is 1. The molecule has 0 aliphatic carbocycles. The minimum absolute atomic E-state index is 0.0327. The molecule has 1 rings (SSSR count). The maximum Gasteiger partial charge on any atom is 0.283 e. The Morgan fingerprint density at radius 3 is 2.71 bits per heavy atom. The van der Waals surface area contributed by atoms with Crippen LogP contribution in [0.25, 0.3) is 0 Å². The van der Waals surface area contributed by atoms with Crippen LogP contribution in [0.5, 0.6) is 0 Å². The van der Waals surface area contributed by atoms with Gasteiger partial charge in [-0.25, -0.2) is 4.68 Å². The highest BCUT2D eigenvalue weighted by Gasteiger charge is 2.10. The molecule has 0 saturated carbocycles. The number of aliphatic hydroxyl groups excluding tert-OH is 1. The summed E-state index contributed by atoms with van der Waals surface area (Å²) in [7, 11) is 0. The van der Waals surface area contributed by atoms with Crippen LogP contribution in [0, 0.1) is 0 Å². The lowest BCUT2D eigenvalue weighted by Crippen LogP contribution is -2.26. The summed E-state index contributed by atoms with van der Waals surface area (Å²) in [5.74, 6) is 0. The highest BCUT2D eigenvalue weighted by Crippen LogP contribution is 2.17. The largest absolute Gasteiger partial charge is 0.393 e. The van der Waals surface area contributed by atoms with Crippen molar-refractivity contribution >= 4 is 21.6 Å². The van der Waals surface area contributed by atoms with Gasteiger partial charge in [0.25, 0.3) is 5.56 Å². The highest BCUT2D eigenvalue weighted by atomic mass is 79.9. The fraction of sp³-hybridized carbons (Fsp3) is 0.636. The Hall–Kier alpha value is -0.880. The summed E-state index contributed by atoms with van der Waals surface area (Å²) in [6, 6.07) is 0.0327. The van der Waals surface area contributed by atoms with Gasteiger partial charge in [-0.15, -0.1) is 0 Å². The Morgan fingerprint density at radius 2 is 2.18 bits per heavy atom. The topological polar surface area (TPSA) is 67.2 Å². The summed E-state index contributed by atoms with van der Waals surface area (Å²) < 4.78 is 1.90. The Kier molecular flexibility index (Phi) is 5.14. The quantitative estimate of drug-likeness (QED) is 0.870. The van der Waals surface area contributed by atoms with E-state index in [1.165, 1.54) is 4.68 Å². The molecule has 96 valence electrons. The number of rotatable bonds is 5. The van der Waals surface area contributed by atoms with E-state index in [2.05, 4.69) is 26.3 Å². The summed E-state index contributed by atoms with van der Waals surface area (Å²) in [5.41, 5.74) is 0.509. The van der Waals surface area contributed by atoms with E-state index >= 15 is 0 Å². The zero-order valence-electron chi connectivity index (χ0n) is 10.3. The second-order valence-corrected chi connectivity index (χ2v) is 5.07. The lowest BCUT2D eigenvalue weighted by Gasteiger charge is -2.12. The van der Waals surface area contributed by atoms with Gasteiger partial charge in [-0.1, -0.05) is 0 Å². The van der Waals surface area contributed by atoms with Crippen molar-refractivity contribution in [3.63, 3.8) is 0 Å². The van der Waals surface area contributed by atoms with Crippen LogP contribution in [0.3, 0.4) is 0 Å². The number of anilines is 1. The molecule has 1 aromatic rings. The van der Waals surface area contributed by atoms with E-state index in [1.807, 2.05) is 13.8 Å². The van der Waals surface area contributed by atoms with Crippen molar-refractivity contribution in [3.05, 3.63) is 21.0 Å². The van der Waals surface area contributed by atoms with E-state index in [-0.39, 0.29) is 17.7 Å². The molecule has 0 amide bonds. The summed E-state index contributed by atoms with van der Waals surface area (Å²) >= 11 is 3.27. The Bertz CT molecular complexity index is 429. The molecule has 17 heavy (non-hydrogen) atoms. The molecule has 1 heterocycles.